The van der Waals surface area contributed by atoms with Crippen molar-refractivity contribution in [1.82, 2.24) is 10.5 Å². The molecule has 0 radical (unpaired) electrons. The van der Waals surface area contributed by atoms with Gasteiger partial charge in [-0.3, -0.25) is 4.79 Å². The molecule has 4 rings (SSSR count). The molecule has 1 amide bonds. The number of nitrogens with zero attached hydrogens (tertiary/aromatic N) is 2. The fourth-order valence-corrected chi connectivity index (χ4v) is 3.76. The topological polar surface area (TPSA) is 58.4 Å². The molecule has 0 saturated carbocycles. The van der Waals surface area contributed by atoms with Gasteiger partial charge in [-0.2, -0.15) is 0 Å². The van der Waals surface area contributed by atoms with Crippen LogP contribution in [0.25, 0.3) is 11.3 Å². The van der Waals surface area contributed by atoms with Gasteiger partial charge < -0.3 is 14.7 Å². The Morgan fingerprint density at radius 3 is 2.61 bits per heavy atom. The number of nitrogens with one attached hydrogen (secondary N) is 1. The van der Waals surface area contributed by atoms with Crippen LogP contribution in [0.1, 0.15) is 34.5 Å². The molecular weight excluding hydrogens is 374 g/mol. The van der Waals surface area contributed by atoms with Gasteiger partial charge in [0.15, 0.2) is 0 Å². The van der Waals surface area contributed by atoms with Crippen molar-refractivity contribution >= 4 is 23.2 Å². The molecule has 28 heavy (non-hydrogen) atoms. The third-order valence-electron chi connectivity index (χ3n) is 5.09. The number of aromatic nitrogens is 1. The van der Waals surface area contributed by atoms with E-state index in [2.05, 4.69) is 27.5 Å². The average molecular weight is 396 g/mol. The molecule has 0 bridgehead atoms. The molecular formula is C22H22ClN3O2. The number of carbonyl (C=O) groups excluding carboxylic acids is 1. The maximum atomic E-state index is 12.9. The van der Waals surface area contributed by atoms with Crippen LogP contribution in [0.3, 0.4) is 0 Å². The molecule has 0 unspecified atom stereocenters. The van der Waals surface area contributed by atoms with E-state index in [-0.39, 0.29) is 5.91 Å². The van der Waals surface area contributed by atoms with Crippen molar-refractivity contribution in [2.75, 3.05) is 18.0 Å². The van der Waals surface area contributed by atoms with Crippen molar-refractivity contribution in [3.05, 3.63) is 70.4 Å². The van der Waals surface area contributed by atoms with Gasteiger partial charge in [0.1, 0.15) is 17.0 Å². The summed E-state index contributed by atoms with van der Waals surface area (Å²) >= 11 is 5.97. The molecule has 1 aliphatic rings. The van der Waals surface area contributed by atoms with Gasteiger partial charge in [-0.1, -0.05) is 47.1 Å². The second-order valence-electron chi connectivity index (χ2n) is 6.97. The highest BCUT2D eigenvalue weighted by molar-refractivity contribution is 6.30. The number of rotatable bonds is 5. The first-order chi connectivity index (χ1) is 13.6. The van der Waals surface area contributed by atoms with Gasteiger partial charge in [-0.25, -0.2) is 0 Å². The highest BCUT2D eigenvalue weighted by Crippen LogP contribution is 2.27. The number of halogens is 1. The summed E-state index contributed by atoms with van der Waals surface area (Å²) in [4.78, 5) is 15.3. The van der Waals surface area contributed by atoms with E-state index in [1.165, 1.54) is 18.5 Å². The SMILES string of the molecule is Cc1onc(-c2ccc(Cl)cc2)c1C(=O)NCc1ccccc1N1CCCC1. The van der Waals surface area contributed by atoms with Crippen LogP contribution >= 0.6 is 11.6 Å². The normalized spacial score (nSPS) is 13.7. The molecule has 1 aliphatic heterocycles. The van der Waals surface area contributed by atoms with Crippen molar-refractivity contribution in [1.29, 1.82) is 0 Å². The van der Waals surface area contributed by atoms with Crippen molar-refractivity contribution in [3.63, 3.8) is 0 Å². The summed E-state index contributed by atoms with van der Waals surface area (Å²) in [5.41, 5.74) is 4.09. The Morgan fingerprint density at radius 1 is 1.14 bits per heavy atom. The molecule has 3 aromatic rings. The number of benzene rings is 2. The molecule has 2 aromatic carbocycles. The van der Waals surface area contributed by atoms with E-state index in [0.29, 0.717) is 28.6 Å². The third-order valence-corrected chi connectivity index (χ3v) is 5.34. The molecule has 6 heteroatoms. The molecule has 144 valence electrons. The Morgan fingerprint density at radius 2 is 1.86 bits per heavy atom. The molecule has 0 spiro atoms. The van der Waals surface area contributed by atoms with E-state index in [4.69, 9.17) is 16.1 Å². The fourth-order valence-electron chi connectivity index (χ4n) is 3.64. The van der Waals surface area contributed by atoms with Crippen molar-refractivity contribution in [3.8, 4) is 11.3 Å². The van der Waals surface area contributed by atoms with Gasteiger partial charge >= 0.3 is 0 Å². The van der Waals surface area contributed by atoms with Gasteiger partial charge in [0.05, 0.1) is 0 Å². The standard InChI is InChI=1S/C22H22ClN3O2/c1-15-20(21(25-28-15)16-8-10-18(23)11-9-16)22(27)24-14-17-6-2-3-7-19(17)26-12-4-5-13-26/h2-3,6-11H,4-5,12-14H2,1H3,(H,24,27). The minimum absolute atomic E-state index is 0.195. The summed E-state index contributed by atoms with van der Waals surface area (Å²) in [7, 11) is 0. The quantitative estimate of drug-likeness (QED) is 0.672. The predicted molar refractivity (Wildman–Crippen MR) is 111 cm³/mol. The molecule has 1 N–H and O–H groups in total. The van der Waals surface area contributed by atoms with Crippen LogP contribution in [-0.2, 0) is 6.54 Å². The second kappa shape index (κ2) is 8.07. The van der Waals surface area contributed by atoms with E-state index in [1.54, 1.807) is 19.1 Å². The van der Waals surface area contributed by atoms with E-state index in [9.17, 15) is 4.79 Å². The summed E-state index contributed by atoms with van der Waals surface area (Å²) in [5, 5.41) is 7.75. The maximum absolute atomic E-state index is 12.9. The number of hydrogen-bond acceptors (Lipinski definition) is 4. The first kappa shape index (κ1) is 18.6. The van der Waals surface area contributed by atoms with Crippen LogP contribution < -0.4 is 10.2 Å². The third kappa shape index (κ3) is 3.76. The largest absolute Gasteiger partial charge is 0.371 e. The zero-order valence-electron chi connectivity index (χ0n) is 15.7. The first-order valence-electron chi connectivity index (χ1n) is 9.47. The van der Waals surface area contributed by atoms with E-state index < -0.39 is 0 Å². The second-order valence-corrected chi connectivity index (χ2v) is 7.41. The summed E-state index contributed by atoms with van der Waals surface area (Å²) in [5.74, 6) is 0.301. The summed E-state index contributed by atoms with van der Waals surface area (Å²) < 4.78 is 5.31. The van der Waals surface area contributed by atoms with Crippen LogP contribution in [0, 0.1) is 6.92 Å². The van der Waals surface area contributed by atoms with Crippen LogP contribution in [-0.4, -0.2) is 24.2 Å². The minimum Gasteiger partial charge on any atom is -0.371 e. The van der Waals surface area contributed by atoms with Crippen molar-refractivity contribution < 1.29 is 9.32 Å². The Balaban J connectivity index is 1.54. The minimum atomic E-state index is -0.195. The van der Waals surface area contributed by atoms with Gasteiger partial charge in [-0.15, -0.1) is 0 Å². The highest BCUT2D eigenvalue weighted by atomic mass is 35.5. The van der Waals surface area contributed by atoms with E-state index in [0.717, 1.165) is 24.2 Å². The maximum Gasteiger partial charge on any atom is 0.257 e. The van der Waals surface area contributed by atoms with Crippen LogP contribution in [0.5, 0.6) is 0 Å². The monoisotopic (exact) mass is 395 g/mol. The zero-order valence-corrected chi connectivity index (χ0v) is 16.5. The predicted octanol–water partition coefficient (Wildman–Crippen LogP) is 4.83. The number of hydrogen-bond donors (Lipinski definition) is 1. The summed E-state index contributed by atoms with van der Waals surface area (Å²) in [6, 6.07) is 15.4. The zero-order chi connectivity index (χ0) is 19.5. The van der Waals surface area contributed by atoms with Crippen molar-refractivity contribution in [2.24, 2.45) is 0 Å². The lowest BCUT2D eigenvalue weighted by atomic mass is 10.1. The smallest absolute Gasteiger partial charge is 0.257 e. The van der Waals surface area contributed by atoms with Gasteiger partial charge in [0, 0.05) is 35.9 Å². The molecule has 5 nitrogen and oxygen atoms in total. The number of amides is 1. The first-order valence-corrected chi connectivity index (χ1v) is 9.84. The Bertz CT molecular complexity index is 976. The summed E-state index contributed by atoms with van der Waals surface area (Å²) in [6.45, 7) is 4.34. The molecule has 1 saturated heterocycles. The number of aryl methyl sites for hydroxylation is 1. The lowest BCUT2D eigenvalue weighted by Crippen LogP contribution is -2.26. The van der Waals surface area contributed by atoms with Crippen LogP contribution in [0.15, 0.2) is 53.1 Å². The Kier molecular flexibility index (Phi) is 5.35. The number of anilines is 1. The van der Waals surface area contributed by atoms with Gasteiger partial charge in [0.2, 0.25) is 0 Å². The number of carbonyl (C=O) groups is 1. The van der Waals surface area contributed by atoms with Crippen LogP contribution in [0.4, 0.5) is 5.69 Å². The van der Waals surface area contributed by atoms with Gasteiger partial charge in [-0.05, 0) is 43.5 Å². The molecule has 1 aromatic heterocycles. The average Bonchev–Trinajstić information content (AvgIpc) is 3.37. The lowest BCUT2D eigenvalue weighted by molar-refractivity contribution is 0.0950. The Labute approximate surface area is 169 Å². The Hall–Kier alpha value is -2.79. The molecule has 1 fully saturated rings. The number of para-hydroxylation sites is 1. The van der Waals surface area contributed by atoms with Gasteiger partial charge in [0.25, 0.3) is 5.91 Å². The summed E-state index contributed by atoms with van der Waals surface area (Å²) in [6.07, 6.45) is 2.43. The highest BCUT2D eigenvalue weighted by Gasteiger charge is 2.22. The molecule has 0 aliphatic carbocycles. The fraction of sp³-hybridized carbons (Fsp3) is 0.273. The molecule has 2 heterocycles. The van der Waals surface area contributed by atoms with E-state index >= 15 is 0 Å². The van der Waals surface area contributed by atoms with E-state index in [1.807, 2.05) is 24.3 Å². The van der Waals surface area contributed by atoms with Crippen molar-refractivity contribution in [2.45, 2.75) is 26.3 Å². The lowest BCUT2D eigenvalue weighted by Gasteiger charge is -2.21. The van der Waals surface area contributed by atoms with Crippen LogP contribution in [0.2, 0.25) is 5.02 Å². The molecule has 0 atom stereocenters.